The van der Waals surface area contributed by atoms with Crippen LogP contribution >= 0.6 is 15.9 Å². The minimum absolute atomic E-state index is 0.259. The van der Waals surface area contributed by atoms with Crippen molar-refractivity contribution in [3.8, 4) is 0 Å². The van der Waals surface area contributed by atoms with E-state index in [1.54, 1.807) is 12.3 Å². The highest BCUT2D eigenvalue weighted by atomic mass is 79.9. The van der Waals surface area contributed by atoms with Crippen molar-refractivity contribution in [2.75, 3.05) is 11.1 Å². The van der Waals surface area contributed by atoms with Gasteiger partial charge in [-0.1, -0.05) is 28.1 Å². The molecule has 0 aliphatic heterocycles. The number of nitrogens with one attached hydrogen (secondary N) is 1. The molecule has 5 heteroatoms. The topological polar surface area (TPSA) is 63.8 Å². The maximum Gasteiger partial charge on any atom is 0.221 e. The van der Waals surface area contributed by atoms with Crippen LogP contribution in [0.4, 0.5) is 17.5 Å². The fourth-order valence-corrected chi connectivity index (χ4v) is 2.26. The van der Waals surface area contributed by atoms with Gasteiger partial charge in [0.1, 0.15) is 5.82 Å². The summed E-state index contributed by atoms with van der Waals surface area (Å²) in [5, 5.41) is 5.55. The SMILES string of the molecule is Nc1nccc(Nc2ccc3cc(Br)ccc3c2)n1. The van der Waals surface area contributed by atoms with E-state index in [0.717, 1.165) is 15.5 Å². The highest BCUT2D eigenvalue weighted by molar-refractivity contribution is 9.10. The number of hydrogen-bond donors (Lipinski definition) is 2. The van der Waals surface area contributed by atoms with Crippen molar-refractivity contribution >= 4 is 44.2 Å². The number of rotatable bonds is 2. The summed E-state index contributed by atoms with van der Waals surface area (Å²) in [4.78, 5) is 7.97. The predicted octanol–water partition coefficient (Wildman–Crippen LogP) is 3.72. The molecule has 1 heterocycles. The molecule has 3 N–H and O–H groups in total. The van der Waals surface area contributed by atoms with Crippen LogP contribution in [0.2, 0.25) is 0 Å². The summed E-state index contributed by atoms with van der Waals surface area (Å²) >= 11 is 3.47. The number of hydrogen-bond acceptors (Lipinski definition) is 4. The molecular formula is C14H11BrN4. The highest BCUT2D eigenvalue weighted by Gasteiger charge is 2.00. The molecule has 0 saturated heterocycles. The van der Waals surface area contributed by atoms with Crippen LogP contribution in [0, 0.1) is 0 Å². The van der Waals surface area contributed by atoms with Gasteiger partial charge in [-0.05, 0) is 41.1 Å². The number of aromatic nitrogens is 2. The standard InChI is InChI=1S/C14H11BrN4/c15-11-3-1-10-8-12(4-2-9(10)7-11)18-13-5-6-17-14(16)19-13/h1-8H,(H3,16,17,18,19). The number of nitrogen functional groups attached to an aromatic ring is 1. The zero-order valence-electron chi connectivity index (χ0n) is 9.97. The molecular weight excluding hydrogens is 304 g/mol. The van der Waals surface area contributed by atoms with Gasteiger partial charge >= 0.3 is 0 Å². The van der Waals surface area contributed by atoms with Gasteiger partial charge in [-0.3, -0.25) is 0 Å². The maximum absolute atomic E-state index is 5.55. The largest absolute Gasteiger partial charge is 0.368 e. The van der Waals surface area contributed by atoms with Crippen molar-refractivity contribution in [2.24, 2.45) is 0 Å². The van der Waals surface area contributed by atoms with Gasteiger partial charge in [0.2, 0.25) is 5.95 Å². The first-order chi connectivity index (χ1) is 9.20. The van der Waals surface area contributed by atoms with E-state index in [1.165, 1.54) is 5.39 Å². The third-order valence-electron chi connectivity index (χ3n) is 2.75. The molecule has 0 unspecified atom stereocenters. The van der Waals surface area contributed by atoms with Crippen LogP contribution in [0.25, 0.3) is 10.8 Å². The Bertz CT molecular complexity index is 742. The molecule has 0 aliphatic rings. The Hall–Kier alpha value is -2.14. The summed E-state index contributed by atoms with van der Waals surface area (Å²) in [6.07, 6.45) is 1.63. The summed E-state index contributed by atoms with van der Waals surface area (Å²) in [7, 11) is 0. The van der Waals surface area contributed by atoms with Crippen LogP contribution in [0.15, 0.2) is 53.1 Å². The van der Waals surface area contributed by atoms with Crippen molar-refractivity contribution in [3.05, 3.63) is 53.1 Å². The zero-order chi connectivity index (χ0) is 13.2. The Labute approximate surface area is 118 Å². The molecule has 0 bridgehead atoms. The lowest BCUT2D eigenvalue weighted by atomic mass is 10.1. The van der Waals surface area contributed by atoms with E-state index in [0.29, 0.717) is 5.82 Å². The first kappa shape index (κ1) is 11.9. The molecule has 0 spiro atoms. The fourth-order valence-electron chi connectivity index (χ4n) is 1.89. The molecule has 0 saturated carbocycles. The van der Waals surface area contributed by atoms with Gasteiger partial charge in [-0.25, -0.2) is 4.98 Å². The van der Waals surface area contributed by atoms with Crippen LogP contribution in [0.5, 0.6) is 0 Å². The van der Waals surface area contributed by atoms with Crippen molar-refractivity contribution < 1.29 is 0 Å². The molecule has 19 heavy (non-hydrogen) atoms. The van der Waals surface area contributed by atoms with Crippen molar-refractivity contribution in [1.29, 1.82) is 0 Å². The molecule has 3 rings (SSSR count). The van der Waals surface area contributed by atoms with Crippen LogP contribution in [0.1, 0.15) is 0 Å². The Morgan fingerprint density at radius 1 is 1.00 bits per heavy atom. The van der Waals surface area contributed by atoms with Gasteiger partial charge in [0, 0.05) is 16.4 Å². The molecule has 0 fully saturated rings. The minimum atomic E-state index is 0.259. The van der Waals surface area contributed by atoms with Gasteiger partial charge in [-0.2, -0.15) is 4.98 Å². The third kappa shape index (κ3) is 2.66. The quantitative estimate of drug-likeness (QED) is 0.756. The van der Waals surface area contributed by atoms with E-state index in [1.807, 2.05) is 12.1 Å². The van der Waals surface area contributed by atoms with E-state index < -0.39 is 0 Å². The van der Waals surface area contributed by atoms with E-state index in [4.69, 9.17) is 5.73 Å². The molecule has 94 valence electrons. The molecule has 0 radical (unpaired) electrons. The Morgan fingerprint density at radius 3 is 2.63 bits per heavy atom. The molecule has 2 aromatic carbocycles. The summed E-state index contributed by atoms with van der Waals surface area (Å²) in [6.45, 7) is 0. The number of fused-ring (bicyclic) bond motifs is 1. The zero-order valence-corrected chi connectivity index (χ0v) is 11.6. The first-order valence-electron chi connectivity index (χ1n) is 5.75. The van der Waals surface area contributed by atoms with Gasteiger partial charge < -0.3 is 11.1 Å². The molecule has 4 nitrogen and oxygen atoms in total. The lowest BCUT2D eigenvalue weighted by molar-refractivity contribution is 1.18. The predicted molar refractivity (Wildman–Crippen MR) is 81.4 cm³/mol. The second kappa shape index (κ2) is 4.85. The van der Waals surface area contributed by atoms with E-state index in [9.17, 15) is 0 Å². The van der Waals surface area contributed by atoms with Gasteiger partial charge in [0.15, 0.2) is 0 Å². The van der Waals surface area contributed by atoms with Crippen LogP contribution in [-0.4, -0.2) is 9.97 Å². The molecule has 1 aromatic heterocycles. The lowest BCUT2D eigenvalue weighted by Gasteiger charge is -2.07. The number of benzene rings is 2. The average molecular weight is 315 g/mol. The van der Waals surface area contributed by atoms with Crippen molar-refractivity contribution in [2.45, 2.75) is 0 Å². The first-order valence-corrected chi connectivity index (χ1v) is 6.55. The molecule has 3 aromatic rings. The molecule has 0 aliphatic carbocycles. The van der Waals surface area contributed by atoms with E-state index >= 15 is 0 Å². The van der Waals surface area contributed by atoms with Crippen molar-refractivity contribution in [3.63, 3.8) is 0 Å². The monoisotopic (exact) mass is 314 g/mol. The Kier molecular flexibility index (Phi) is 3.05. The second-order valence-corrected chi connectivity index (χ2v) is 5.05. The second-order valence-electron chi connectivity index (χ2n) is 4.13. The summed E-state index contributed by atoms with van der Waals surface area (Å²) in [6, 6.07) is 14.1. The van der Waals surface area contributed by atoms with Gasteiger partial charge in [0.05, 0.1) is 0 Å². The summed E-state index contributed by atoms with van der Waals surface area (Å²) < 4.78 is 1.07. The van der Waals surface area contributed by atoms with Gasteiger partial charge in [-0.15, -0.1) is 0 Å². The number of nitrogens with two attached hydrogens (primary N) is 1. The van der Waals surface area contributed by atoms with E-state index in [2.05, 4.69) is 55.5 Å². The lowest BCUT2D eigenvalue weighted by Crippen LogP contribution is -1.98. The normalized spacial score (nSPS) is 10.6. The van der Waals surface area contributed by atoms with Crippen LogP contribution < -0.4 is 11.1 Å². The number of nitrogens with zero attached hydrogens (tertiary/aromatic N) is 2. The maximum atomic E-state index is 5.55. The minimum Gasteiger partial charge on any atom is -0.368 e. The molecule has 0 amide bonds. The Balaban J connectivity index is 1.95. The van der Waals surface area contributed by atoms with E-state index in [-0.39, 0.29) is 5.95 Å². The average Bonchev–Trinajstić information content (AvgIpc) is 2.39. The summed E-state index contributed by atoms with van der Waals surface area (Å²) in [5.41, 5.74) is 6.52. The highest BCUT2D eigenvalue weighted by Crippen LogP contribution is 2.24. The number of halogens is 1. The molecule has 0 atom stereocenters. The van der Waals surface area contributed by atoms with Crippen LogP contribution in [0.3, 0.4) is 0 Å². The third-order valence-corrected chi connectivity index (χ3v) is 3.24. The fraction of sp³-hybridized carbons (Fsp3) is 0. The Morgan fingerprint density at radius 2 is 1.79 bits per heavy atom. The smallest absolute Gasteiger partial charge is 0.221 e. The van der Waals surface area contributed by atoms with Crippen LogP contribution in [-0.2, 0) is 0 Å². The summed E-state index contributed by atoms with van der Waals surface area (Å²) in [5.74, 6) is 0.943. The van der Waals surface area contributed by atoms with Gasteiger partial charge in [0.25, 0.3) is 0 Å². The van der Waals surface area contributed by atoms with Crippen molar-refractivity contribution in [1.82, 2.24) is 9.97 Å². The number of anilines is 3.